The highest BCUT2D eigenvalue weighted by atomic mass is 35.5. The number of halogens is 1. The molecule has 3 heteroatoms. The summed E-state index contributed by atoms with van der Waals surface area (Å²) in [6.07, 6.45) is -0.486. The van der Waals surface area contributed by atoms with E-state index < -0.39 is 6.10 Å². The molecule has 0 fully saturated rings. The van der Waals surface area contributed by atoms with Crippen molar-refractivity contribution >= 4 is 23.4 Å². The molecule has 0 aliphatic carbocycles. The molecule has 2 aromatic rings. The maximum absolute atomic E-state index is 9.51. The zero-order chi connectivity index (χ0) is 13.1. The van der Waals surface area contributed by atoms with Crippen LogP contribution in [-0.4, -0.2) is 5.11 Å². The van der Waals surface area contributed by atoms with Crippen LogP contribution in [0.5, 0.6) is 0 Å². The lowest BCUT2D eigenvalue weighted by molar-refractivity contribution is 0.199. The van der Waals surface area contributed by atoms with Crippen molar-refractivity contribution in [2.45, 2.75) is 29.7 Å². The van der Waals surface area contributed by atoms with Gasteiger partial charge in [-0.1, -0.05) is 47.6 Å². The molecule has 0 spiro atoms. The first-order valence-electron chi connectivity index (χ1n) is 5.79. The van der Waals surface area contributed by atoms with E-state index in [2.05, 4.69) is 19.1 Å². The predicted octanol–water partition coefficient (Wildman–Crippen LogP) is 4.85. The average molecular weight is 279 g/mol. The summed E-state index contributed by atoms with van der Waals surface area (Å²) in [5, 5.41) is 10.2. The van der Waals surface area contributed by atoms with Gasteiger partial charge >= 0.3 is 0 Å². The van der Waals surface area contributed by atoms with Crippen molar-refractivity contribution in [2.24, 2.45) is 0 Å². The lowest BCUT2D eigenvalue weighted by Gasteiger charge is -2.10. The fraction of sp³-hybridized carbons (Fsp3) is 0.200. The summed E-state index contributed by atoms with van der Waals surface area (Å²) in [6.45, 7) is 3.82. The summed E-state index contributed by atoms with van der Waals surface area (Å²) in [5.74, 6) is 0. The molecule has 0 amide bonds. The first kappa shape index (κ1) is 13.5. The van der Waals surface area contributed by atoms with Crippen molar-refractivity contribution in [3.63, 3.8) is 0 Å². The number of hydrogen-bond donors (Lipinski definition) is 1. The molecule has 94 valence electrons. The first-order valence-corrected chi connectivity index (χ1v) is 6.98. The Balaban J connectivity index is 2.28. The third-order valence-electron chi connectivity index (χ3n) is 2.75. The van der Waals surface area contributed by atoms with Gasteiger partial charge in [0.25, 0.3) is 0 Å². The minimum atomic E-state index is -0.486. The SMILES string of the molecule is Cc1ccccc1Sc1ccc([C@@H](C)O)cc1Cl. The van der Waals surface area contributed by atoms with Gasteiger partial charge in [0, 0.05) is 9.79 Å². The molecular weight excluding hydrogens is 264 g/mol. The van der Waals surface area contributed by atoms with Gasteiger partial charge in [0.1, 0.15) is 0 Å². The molecule has 1 nitrogen and oxygen atoms in total. The summed E-state index contributed by atoms with van der Waals surface area (Å²) in [7, 11) is 0. The Morgan fingerprint density at radius 1 is 1.11 bits per heavy atom. The molecule has 0 unspecified atom stereocenters. The van der Waals surface area contributed by atoms with Crippen molar-refractivity contribution < 1.29 is 5.11 Å². The Bertz CT molecular complexity index is 552. The maximum atomic E-state index is 9.51. The molecule has 0 radical (unpaired) electrons. The van der Waals surface area contributed by atoms with Crippen LogP contribution in [0.2, 0.25) is 5.02 Å². The largest absolute Gasteiger partial charge is 0.389 e. The minimum absolute atomic E-state index is 0.486. The standard InChI is InChI=1S/C15H15ClOS/c1-10-5-3-4-6-14(10)18-15-8-7-12(11(2)17)9-13(15)16/h3-9,11,17H,1-2H3/t11-/m1/s1. The van der Waals surface area contributed by atoms with E-state index in [0.29, 0.717) is 5.02 Å². The molecule has 1 atom stereocenters. The average Bonchev–Trinajstić information content (AvgIpc) is 2.34. The van der Waals surface area contributed by atoms with Crippen LogP contribution in [0.15, 0.2) is 52.3 Å². The van der Waals surface area contributed by atoms with Gasteiger partial charge < -0.3 is 5.11 Å². The number of aliphatic hydroxyl groups is 1. The van der Waals surface area contributed by atoms with Crippen molar-refractivity contribution in [3.05, 3.63) is 58.6 Å². The van der Waals surface area contributed by atoms with Crippen molar-refractivity contribution in [1.82, 2.24) is 0 Å². The Morgan fingerprint density at radius 3 is 2.44 bits per heavy atom. The Morgan fingerprint density at radius 2 is 1.83 bits per heavy atom. The second kappa shape index (κ2) is 5.79. The lowest BCUT2D eigenvalue weighted by atomic mass is 10.1. The molecule has 18 heavy (non-hydrogen) atoms. The van der Waals surface area contributed by atoms with E-state index in [1.807, 2.05) is 30.3 Å². The molecule has 2 aromatic carbocycles. The summed E-state index contributed by atoms with van der Waals surface area (Å²) < 4.78 is 0. The van der Waals surface area contributed by atoms with E-state index in [4.69, 9.17) is 11.6 Å². The van der Waals surface area contributed by atoms with E-state index >= 15 is 0 Å². The Hall–Kier alpha value is -0.960. The normalized spacial score (nSPS) is 12.4. The zero-order valence-corrected chi connectivity index (χ0v) is 11.9. The molecule has 0 saturated heterocycles. The van der Waals surface area contributed by atoms with Gasteiger partial charge in [-0.2, -0.15) is 0 Å². The summed E-state index contributed by atoms with van der Waals surface area (Å²) >= 11 is 7.89. The minimum Gasteiger partial charge on any atom is -0.389 e. The van der Waals surface area contributed by atoms with Crippen LogP contribution in [0.3, 0.4) is 0 Å². The quantitative estimate of drug-likeness (QED) is 0.866. The second-order valence-corrected chi connectivity index (χ2v) is 5.72. The van der Waals surface area contributed by atoms with Crippen LogP contribution in [0.25, 0.3) is 0 Å². The molecule has 0 aliphatic rings. The fourth-order valence-electron chi connectivity index (χ4n) is 1.65. The van der Waals surface area contributed by atoms with Gasteiger partial charge in [0.15, 0.2) is 0 Å². The third-order valence-corrected chi connectivity index (χ3v) is 4.43. The molecule has 2 rings (SSSR count). The summed E-state index contributed by atoms with van der Waals surface area (Å²) in [5.41, 5.74) is 2.08. The van der Waals surface area contributed by atoms with Crippen LogP contribution >= 0.6 is 23.4 Å². The van der Waals surface area contributed by atoms with Crippen molar-refractivity contribution in [3.8, 4) is 0 Å². The maximum Gasteiger partial charge on any atom is 0.0762 e. The predicted molar refractivity (Wildman–Crippen MR) is 77.4 cm³/mol. The fourth-order valence-corrected chi connectivity index (χ4v) is 2.86. The van der Waals surface area contributed by atoms with E-state index in [-0.39, 0.29) is 0 Å². The zero-order valence-electron chi connectivity index (χ0n) is 10.4. The van der Waals surface area contributed by atoms with Crippen LogP contribution in [0.1, 0.15) is 24.2 Å². The molecular formula is C15H15ClOS. The van der Waals surface area contributed by atoms with Crippen molar-refractivity contribution in [1.29, 1.82) is 0 Å². The number of rotatable bonds is 3. The number of hydrogen-bond acceptors (Lipinski definition) is 2. The van der Waals surface area contributed by atoms with Gasteiger partial charge in [-0.05, 0) is 43.2 Å². The topological polar surface area (TPSA) is 20.2 Å². The van der Waals surface area contributed by atoms with Gasteiger partial charge in [-0.25, -0.2) is 0 Å². The third kappa shape index (κ3) is 3.08. The highest BCUT2D eigenvalue weighted by Gasteiger charge is 2.08. The second-order valence-electron chi connectivity index (χ2n) is 4.23. The number of aliphatic hydroxyl groups excluding tert-OH is 1. The van der Waals surface area contributed by atoms with Crippen LogP contribution in [0, 0.1) is 6.92 Å². The van der Waals surface area contributed by atoms with Crippen LogP contribution in [-0.2, 0) is 0 Å². The molecule has 1 N–H and O–H groups in total. The smallest absolute Gasteiger partial charge is 0.0762 e. The number of aryl methyl sites for hydroxylation is 1. The van der Waals surface area contributed by atoms with Gasteiger partial charge in [0.05, 0.1) is 11.1 Å². The molecule has 0 bridgehead atoms. The van der Waals surface area contributed by atoms with Crippen molar-refractivity contribution in [2.75, 3.05) is 0 Å². The highest BCUT2D eigenvalue weighted by Crippen LogP contribution is 2.36. The molecule has 0 aromatic heterocycles. The molecule has 0 saturated carbocycles. The summed E-state index contributed by atoms with van der Waals surface area (Å²) in [6, 6.07) is 13.9. The monoisotopic (exact) mass is 278 g/mol. The Labute approximate surface area is 117 Å². The van der Waals surface area contributed by atoms with E-state index in [1.54, 1.807) is 18.7 Å². The highest BCUT2D eigenvalue weighted by molar-refractivity contribution is 7.99. The Kier molecular flexibility index (Phi) is 4.33. The van der Waals surface area contributed by atoms with E-state index in [0.717, 1.165) is 10.5 Å². The van der Waals surface area contributed by atoms with Crippen LogP contribution < -0.4 is 0 Å². The summed E-state index contributed by atoms with van der Waals surface area (Å²) in [4.78, 5) is 2.21. The van der Waals surface area contributed by atoms with Gasteiger partial charge in [0.2, 0.25) is 0 Å². The molecule has 0 heterocycles. The van der Waals surface area contributed by atoms with Crippen LogP contribution in [0.4, 0.5) is 0 Å². The van der Waals surface area contributed by atoms with E-state index in [1.165, 1.54) is 10.5 Å². The van der Waals surface area contributed by atoms with Gasteiger partial charge in [-0.15, -0.1) is 0 Å². The van der Waals surface area contributed by atoms with Gasteiger partial charge in [-0.3, -0.25) is 0 Å². The van der Waals surface area contributed by atoms with E-state index in [9.17, 15) is 5.11 Å². The lowest BCUT2D eigenvalue weighted by Crippen LogP contribution is -1.91. The number of benzene rings is 2. The molecule has 0 aliphatic heterocycles. The first-order chi connectivity index (χ1) is 8.58.